The third-order valence-corrected chi connectivity index (χ3v) is 2.98. The van der Waals surface area contributed by atoms with Crippen molar-refractivity contribution in [3.8, 4) is 0 Å². The number of hydrogen-bond acceptors (Lipinski definition) is 1. The van der Waals surface area contributed by atoms with Crippen LogP contribution in [0, 0.1) is 5.92 Å². The van der Waals surface area contributed by atoms with E-state index in [0.717, 1.165) is 18.4 Å². The van der Waals surface area contributed by atoms with Gasteiger partial charge in [-0.2, -0.15) is 0 Å². The van der Waals surface area contributed by atoms with Gasteiger partial charge in [-0.15, -0.1) is 6.58 Å². The molecule has 1 saturated carbocycles. The fourth-order valence-electron chi connectivity index (χ4n) is 2.31. The van der Waals surface area contributed by atoms with E-state index in [1.807, 2.05) is 6.08 Å². The minimum Gasteiger partial charge on any atom is -0.311 e. The van der Waals surface area contributed by atoms with Crippen molar-refractivity contribution in [2.24, 2.45) is 5.92 Å². The molecule has 0 aromatic rings. The van der Waals surface area contributed by atoms with E-state index in [4.69, 9.17) is 0 Å². The van der Waals surface area contributed by atoms with E-state index < -0.39 is 0 Å². The van der Waals surface area contributed by atoms with Gasteiger partial charge in [0.25, 0.3) is 0 Å². The molecular formula is C12H23N. The lowest BCUT2D eigenvalue weighted by molar-refractivity contribution is 0.284. The van der Waals surface area contributed by atoms with Crippen LogP contribution in [0.25, 0.3) is 0 Å². The van der Waals surface area contributed by atoms with E-state index in [-0.39, 0.29) is 0 Å². The maximum atomic E-state index is 3.77. The molecule has 1 N–H and O–H groups in total. The molecule has 0 amide bonds. The quantitative estimate of drug-likeness (QED) is 0.657. The monoisotopic (exact) mass is 181 g/mol. The molecule has 1 fully saturated rings. The van der Waals surface area contributed by atoms with Gasteiger partial charge in [0.1, 0.15) is 0 Å². The normalized spacial score (nSPS) is 31.2. The van der Waals surface area contributed by atoms with Crippen molar-refractivity contribution in [2.75, 3.05) is 0 Å². The van der Waals surface area contributed by atoms with Crippen molar-refractivity contribution in [1.29, 1.82) is 0 Å². The lowest BCUT2D eigenvalue weighted by atomic mass is 9.86. The first-order valence-electron chi connectivity index (χ1n) is 5.59. The Labute approximate surface area is 82.6 Å². The third-order valence-electron chi connectivity index (χ3n) is 2.98. The molecule has 0 saturated heterocycles. The molecule has 1 nitrogen and oxygen atoms in total. The molecule has 1 aliphatic rings. The summed E-state index contributed by atoms with van der Waals surface area (Å²) < 4.78 is 0. The lowest BCUT2D eigenvalue weighted by Crippen LogP contribution is -2.39. The van der Waals surface area contributed by atoms with Gasteiger partial charge in [0.05, 0.1) is 0 Å². The summed E-state index contributed by atoms with van der Waals surface area (Å²) >= 11 is 0. The van der Waals surface area contributed by atoms with Crippen LogP contribution in [0.15, 0.2) is 12.7 Å². The Morgan fingerprint density at radius 1 is 1.54 bits per heavy atom. The first kappa shape index (κ1) is 10.8. The van der Waals surface area contributed by atoms with Gasteiger partial charge in [-0.1, -0.05) is 25.8 Å². The Morgan fingerprint density at radius 3 is 2.92 bits per heavy atom. The summed E-state index contributed by atoms with van der Waals surface area (Å²) in [6, 6.07) is 1.37. The minimum absolute atomic E-state index is 0.604. The summed E-state index contributed by atoms with van der Waals surface area (Å²) in [5.41, 5.74) is 0. The van der Waals surface area contributed by atoms with Gasteiger partial charge < -0.3 is 5.32 Å². The summed E-state index contributed by atoms with van der Waals surface area (Å²) in [4.78, 5) is 0. The van der Waals surface area contributed by atoms with E-state index in [1.165, 1.54) is 25.7 Å². The van der Waals surface area contributed by atoms with Gasteiger partial charge in [-0.05, 0) is 32.1 Å². The van der Waals surface area contributed by atoms with E-state index in [9.17, 15) is 0 Å². The maximum Gasteiger partial charge on any atom is 0.00757 e. The number of nitrogens with one attached hydrogen (secondary N) is 1. The van der Waals surface area contributed by atoms with Crippen LogP contribution in [0.4, 0.5) is 0 Å². The fourth-order valence-corrected chi connectivity index (χ4v) is 2.31. The van der Waals surface area contributed by atoms with Crippen molar-refractivity contribution >= 4 is 0 Å². The zero-order chi connectivity index (χ0) is 9.68. The SMILES string of the molecule is C=CCC(C)NC1CCCC(C)C1. The molecule has 0 aliphatic heterocycles. The Kier molecular flexibility index (Phi) is 4.51. The molecule has 1 heteroatoms. The highest BCUT2D eigenvalue weighted by Crippen LogP contribution is 2.23. The van der Waals surface area contributed by atoms with Crippen LogP contribution in [0.5, 0.6) is 0 Å². The van der Waals surface area contributed by atoms with Gasteiger partial charge in [-0.3, -0.25) is 0 Å². The highest BCUT2D eigenvalue weighted by atomic mass is 14.9. The van der Waals surface area contributed by atoms with Crippen LogP contribution in [0.2, 0.25) is 0 Å². The molecule has 0 aromatic carbocycles. The molecule has 0 heterocycles. The van der Waals surface area contributed by atoms with E-state index in [2.05, 4.69) is 25.7 Å². The lowest BCUT2D eigenvalue weighted by Gasteiger charge is -2.29. The summed E-state index contributed by atoms with van der Waals surface area (Å²) in [5.74, 6) is 0.919. The van der Waals surface area contributed by atoms with E-state index in [1.54, 1.807) is 0 Å². The predicted molar refractivity (Wildman–Crippen MR) is 58.8 cm³/mol. The van der Waals surface area contributed by atoms with E-state index >= 15 is 0 Å². The van der Waals surface area contributed by atoms with Gasteiger partial charge in [0.15, 0.2) is 0 Å². The third kappa shape index (κ3) is 3.95. The molecule has 0 aromatic heterocycles. The average molecular weight is 181 g/mol. The molecular weight excluding hydrogens is 158 g/mol. The van der Waals surface area contributed by atoms with Gasteiger partial charge in [-0.25, -0.2) is 0 Å². The largest absolute Gasteiger partial charge is 0.311 e. The Bertz CT molecular complexity index is 153. The Hall–Kier alpha value is -0.300. The topological polar surface area (TPSA) is 12.0 Å². The average Bonchev–Trinajstić information content (AvgIpc) is 2.04. The summed E-state index contributed by atoms with van der Waals surface area (Å²) in [6.07, 6.45) is 8.65. The second-order valence-corrected chi connectivity index (χ2v) is 4.56. The van der Waals surface area contributed by atoms with Gasteiger partial charge in [0.2, 0.25) is 0 Å². The first-order valence-corrected chi connectivity index (χ1v) is 5.59. The first-order chi connectivity index (χ1) is 6.22. The molecule has 1 rings (SSSR count). The van der Waals surface area contributed by atoms with Crippen molar-refractivity contribution < 1.29 is 0 Å². The minimum atomic E-state index is 0.604. The molecule has 0 bridgehead atoms. The Morgan fingerprint density at radius 2 is 2.31 bits per heavy atom. The maximum absolute atomic E-state index is 3.77. The summed E-state index contributed by atoms with van der Waals surface area (Å²) in [6.45, 7) is 8.39. The van der Waals surface area contributed by atoms with Crippen LogP contribution in [-0.2, 0) is 0 Å². The highest BCUT2D eigenvalue weighted by molar-refractivity contribution is 4.81. The summed E-state index contributed by atoms with van der Waals surface area (Å²) in [5, 5.41) is 3.68. The van der Waals surface area contributed by atoms with Crippen molar-refractivity contribution in [1.82, 2.24) is 5.32 Å². The highest BCUT2D eigenvalue weighted by Gasteiger charge is 2.19. The molecule has 76 valence electrons. The second kappa shape index (κ2) is 5.43. The zero-order valence-corrected chi connectivity index (χ0v) is 9.05. The molecule has 0 radical (unpaired) electrons. The van der Waals surface area contributed by atoms with Crippen LogP contribution in [-0.4, -0.2) is 12.1 Å². The van der Waals surface area contributed by atoms with Gasteiger partial charge >= 0.3 is 0 Å². The molecule has 3 unspecified atom stereocenters. The zero-order valence-electron chi connectivity index (χ0n) is 9.05. The molecule has 13 heavy (non-hydrogen) atoms. The van der Waals surface area contributed by atoms with Crippen molar-refractivity contribution in [3.63, 3.8) is 0 Å². The van der Waals surface area contributed by atoms with Crippen molar-refractivity contribution in [2.45, 2.75) is 58.0 Å². The summed E-state index contributed by atoms with van der Waals surface area (Å²) in [7, 11) is 0. The van der Waals surface area contributed by atoms with Crippen molar-refractivity contribution in [3.05, 3.63) is 12.7 Å². The van der Waals surface area contributed by atoms with Crippen LogP contribution in [0.1, 0.15) is 46.0 Å². The molecule has 3 atom stereocenters. The van der Waals surface area contributed by atoms with Crippen LogP contribution >= 0.6 is 0 Å². The molecule has 1 aliphatic carbocycles. The standard InChI is InChI=1S/C12H23N/c1-4-6-11(3)13-12-8-5-7-10(2)9-12/h4,10-13H,1,5-9H2,2-3H3. The second-order valence-electron chi connectivity index (χ2n) is 4.56. The molecule has 0 spiro atoms. The Balaban J connectivity index is 2.22. The van der Waals surface area contributed by atoms with Crippen LogP contribution in [0.3, 0.4) is 0 Å². The van der Waals surface area contributed by atoms with Gasteiger partial charge in [0, 0.05) is 12.1 Å². The smallest absolute Gasteiger partial charge is 0.00757 e. The predicted octanol–water partition coefficient (Wildman–Crippen LogP) is 3.12. The van der Waals surface area contributed by atoms with E-state index in [0.29, 0.717) is 6.04 Å². The number of hydrogen-bond donors (Lipinski definition) is 1. The number of rotatable bonds is 4. The van der Waals surface area contributed by atoms with Crippen LogP contribution < -0.4 is 5.32 Å². The fraction of sp³-hybridized carbons (Fsp3) is 0.833.